The Morgan fingerprint density at radius 3 is 2.92 bits per heavy atom. The molecule has 2 aromatic rings. The number of benzene rings is 1. The summed E-state index contributed by atoms with van der Waals surface area (Å²) < 4.78 is 15.7. The minimum atomic E-state index is -1.09. The van der Waals surface area contributed by atoms with Gasteiger partial charge in [0.15, 0.2) is 12.7 Å². The third-order valence-corrected chi connectivity index (χ3v) is 3.67. The van der Waals surface area contributed by atoms with Crippen molar-refractivity contribution in [2.24, 2.45) is 0 Å². The van der Waals surface area contributed by atoms with Gasteiger partial charge in [-0.15, -0.1) is 0 Å². The first-order chi connectivity index (χ1) is 12.0. The molecular weight excluding hydrogens is 330 g/mol. The first-order valence-electron chi connectivity index (χ1n) is 7.69. The molecular formula is C16H17N3O6. The number of aryl methyl sites for hydroxylation is 1. The van der Waals surface area contributed by atoms with Crippen LogP contribution in [0.1, 0.15) is 22.1 Å². The lowest BCUT2D eigenvalue weighted by atomic mass is 10.1. The molecule has 1 aliphatic rings. The van der Waals surface area contributed by atoms with Crippen molar-refractivity contribution in [3.05, 3.63) is 41.5 Å². The topological polar surface area (TPSA) is 115 Å². The van der Waals surface area contributed by atoms with Gasteiger partial charge in [0.25, 0.3) is 5.91 Å². The number of hydrogen-bond donors (Lipinski definition) is 1. The van der Waals surface area contributed by atoms with Crippen LogP contribution < -0.4 is 4.74 Å². The normalized spacial score (nSPS) is 17.3. The average molecular weight is 347 g/mol. The van der Waals surface area contributed by atoms with E-state index in [1.807, 2.05) is 0 Å². The van der Waals surface area contributed by atoms with E-state index >= 15 is 0 Å². The van der Waals surface area contributed by atoms with Crippen LogP contribution in [-0.2, 0) is 16.1 Å². The number of carboxylic acid groups (broad SMARTS) is 1. The second-order valence-electron chi connectivity index (χ2n) is 5.46. The monoisotopic (exact) mass is 347 g/mol. The molecule has 1 aliphatic heterocycles. The summed E-state index contributed by atoms with van der Waals surface area (Å²) >= 11 is 0. The van der Waals surface area contributed by atoms with E-state index in [4.69, 9.17) is 19.1 Å². The molecule has 3 rings (SSSR count). The van der Waals surface area contributed by atoms with Gasteiger partial charge >= 0.3 is 5.97 Å². The molecule has 1 aromatic carbocycles. The van der Waals surface area contributed by atoms with Crippen LogP contribution in [0.4, 0.5) is 0 Å². The molecule has 0 unspecified atom stereocenters. The zero-order valence-corrected chi connectivity index (χ0v) is 13.5. The second kappa shape index (κ2) is 7.31. The molecule has 9 heteroatoms. The lowest BCUT2D eigenvalue weighted by Gasteiger charge is -2.31. The molecule has 0 saturated carbocycles. The van der Waals surface area contributed by atoms with E-state index in [0.29, 0.717) is 29.6 Å². The number of amides is 1. The van der Waals surface area contributed by atoms with Gasteiger partial charge in [-0.2, -0.15) is 4.98 Å². The minimum absolute atomic E-state index is 0.00740. The van der Waals surface area contributed by atoms with Crippen LogP contribution in [0.15, 0.2) is 28.8 Å². The number of nitrogens with zero attached hydrogens (tertiary/aromatic N) is 3. The van der Waals surface area contributed by atoms with Gasteiger partial charge in [-0.05, 0) is 12.1 Å². The highest BCUT2D eigenvalue weighted by molar-refractivity contribution is 5.97. The zero-order chi connectivity index (χ0) is 17.8. The molecule has 132 valence electrons. The molecule has 0 radical (unpaired) electrons. The highest BCUT2D eigenvalue weighted by Crippen LogP contribution is 2.22. The minimum Gasteiger partial charge on any atom is -0.485 e. The van der Waals surface area contributed by atoms with E-state index in [-0.39, 0.29) is 25.7 Å². The number of para-hydroxylation sites is 1. The highest BCUT2D eigenvalue weighted by atomic mass is 16.5. The Hall–Kier alpha value is -2.94. The van der Waals surface area contributed by atoms with E-state index in [1.54, 1.807) is 31.2 Å². The number of morpholine rings is 1. The van der Waals surface area contributed by atoms with Gasteiger partial charge in [0.2, 0.25) is 11.7 Å². The number of rotatable bonds is 5. The number of aliphatic carboxylic acids is 1. The number of carbonyl (C=O) groups excluding carboxylic acids is 1. The fourth-order valence-electron chi connectivity index (χ4n) is 2.46. The number of carboxylic acids is 1. The maximum Gasteiger partial charge on any atom is 0.334 e. The summed E-state index contributed by atoms with van der Waals surface area (Å²) in [6.07, 6.45) is -1.02. The van der Waals surface area contributed by atoms with Crippen LogP contribution in [0.3, 0.4) is 0 Å². The Morgan fingerprint density at radius 1 is 1.40 bits per heavy atom. The van der Waals surface area contributed by atoms with Crippen molar-refractivity contribution in [3.63, 3.8) is 0 Å². The van der Waals surface area contributed by atoms with Crippen molar-refractivity contribution >= 4 is 11.9 Å². The zero-order valence-electron chi connectivity index (χ0n) is 13.5. The fraction of sp³-hybridized carbons (Fsp3) is 0.375. The molecule has 1 saturated heterocycles. The van der Waals surface area contributed by atoms with Gasteiger partial charge in [-0.25, -0.2) is 4.79 Å². The number of hydrogen-bond acceptors (Lipinski definition) is 7. The summed E-state index contributed by atoms with van der Waals surface area (Å²) in [7, 11) is 0. The average Bonchev–Trinajstić information content (AvgIpc) is 3.05. The van der Waals surface area contributed by atoms with Crippen LogP contribution in [0.2, 0.25) is 0 Å². The third-order valence-electron chi connectivity index (χ3n) is 3.67. The SMILES string of the molecule is Cc1nc(COc2ccccc2C(=O)N2CCO[C@@H](C(=O)O)C2)no1. The largest absolute Gasteiger partial charge is 0.485 e. The maximum atomic E-state index is 12.8. The molecule has 0 spiro atoms. The fourth-order valence-corrected chi connectivity index (χ4v) is 2.46. The molecule has 1 amide bonds. The number of carbonyl (C=O) groups is 2. The molecule has 9 nitrogen and oxygen atoms in total. The Labute approximate surface area is 143 Å². The van der Waals surface area contributed by atoms with Gasteiger partial charge in [-0.1, -0.05) is 17.3 Å². The quantitative estimate of drug-likeness (QED) is 0.848. The van der Waals surface area contributed by atoms with Crippen molar-refractivity contribution in [1.82, 2.24) is 15.0 Å². The van der Waals surface area contributed by atoms with Crippen molar-refractivity contribution in [2.75, 3.05) is 19.7 Å². The maximum absolute atomic E-state index is 12.8. The predicted octanol–water partition coefficient (Wildman–Crippen LogP) is 0.883. The van der Waals surface area contributed by atoms with Crippen molar-refractivity contribution < 1.29 is 28.7 Å². The van der Waals surface area contributed by atoms with Gasteiger partial charge in [-0.3, -0.25) is 4.79 Å². The number of ether oxygens (including phenoxy) is 2. The Balaban J connectivity index is 1.73. The summed E-state index contributed by atoms with van der Waals surface area (Å²) in [6, 6.07) is 6.75. The standard InChI is InChI=1S/C16H17N3O6/c1-10-17-14(18-25-10)9-24-12-5-3-2-4-11(12)15(20)19-6-7-23-13(8-19)16(21)22/h2-5,13H,6-9H2,1H3,(H,21,22)/t13-/m1/s1. The number of aromatic nitrogens is 2. The molecule has 1 atom stereocenters. The molecule has 1 aromatic heterocycles. The summed E-state index contributed by atoms with van der Waals surface area (Å²) in [4.78, 5) is 29.3. The van der Waals surface area contributed by atoms with Crippen molar-refractivity contribution in [2.45, 2.75) is 19.6 Å². The van der Waals surface area contributed by atoms with Crippen molar-refractivity contribution in [3.8, 4) is 5.75 Å². The molecule has 1 fully saturated rings. The van der Waals surface area contributed by atoms with Gasteiger partial charge in [0.1, 0.15) is 5.75 Å². The van der Waals surface area contributed by atoms with Gasteiger partial charge < -0.3 is 24.0 Å². The molecule has 25 heavy (non-hydrogen) atoms. The van der Waals surface area contributed by atoms with Crippen LogP contribution >= 0.6 is 0 Å². The Kier molecular flexibility index (Phi) is 4.94. The van der Waals surface area contributed by atoms with E-state index in [9.17, 15) is 9.59 Å². The lowest BCUT2D eigenvalue weighted by molar-refractivity contribution is -0.154. The predicted molar refractivity (Wildman–Crippen MR) is 83.1 cm³/mol. The summed E-state index contributed by atoms with van der Waals surface area (Å²) in [5.74, 6) is -0.231. The van der Waals surface area contributed by atoms with Crippen LogP contribution in [0.5, 0.6) is 5.75 Å². The van der Waals surface area contributed by atoms with Crippen LogP contribution in [0, 0.1) is 6.92 Å². The van der Waals surface area contributed by atoms with Gasteiger partial charge in [0, 0.05) is 13.5 Å². The highest BCUT2D eigenvalue weighted by Gasteiger charge is 2.30. The van der Waals surface area contributed by atoms with Crippen molar-refractivity contribution in [1.29, 1.82) is 0 Å². The van der Waals surface area contributed by atoms with Crippen LogP contribution in [0.25, 0.3) is 0 Å². The smallest absolute Gasteiger partial charge is 0.334 e. The molecule has 2 heterocycles. The lowest BCUT2D eigenvalue weighted by Crippen LogP contribution is -2.48. The Bertz CT molecular complexity index is 775. The first-order valence-corrected chi connectivity index (χ1v) is 7.69. The van der Waals surface area contributed by atoms with Gasteiger partial charge in [0.05, 0.1) is 18.7 Å². The molecule has 0 aliphatic carbocycles. The van der Waals surface area contributed by atoms with E-state index in [2.05, 4.69) is 10.1 Å². The first kappa shape index (κ1) is 16.9. The third kappa shape index (κ3) is 3.94. The van der Waals surface area contributed by atoms with E-state index in [0.717, 1.165) is 0 Å². The summed E-state index contributed by atoms with van der Waals surface area (Å²) in [6.45, 7) is 2.22. The Morgan fingerprint density at radius 2 is 2.20 bits per heavy atom. The second-order valence-corrected chi connectivity index (χ2v) is 5.46. The van der Waals surface area contributed by atoms with E-state index in [1.165, 1.54) is 4.90 Å². The van der Waals surface area contributed by atoms with E-state index < -0.39 is 12.1 Å². The van der Waals surface area contributed by atoms with Crippen LogP contribution in [-0.4, -0.2) is 57.8 Å². The summed E-state index contributed by atoms with van der Waals surface area (Å²) in [5, 5.41) is 12.8. The molecule has 1 N–H and O–H groups in total. The summed E-state index contributed by atoms with van der Waals surface area (Å²) in [5.41, 5.74) is 0.341. The molecule has 0 bridgehead atoms.